The SMILES string of the molecule is O=C(c1cc(C2CC2)c(OCC2CCN(Cc3cc(C(F)(F)F)cc(C4CC4)n3)CC2)cc1F)N1CCC(F)C1.O=CO. The Morgan fingerprint density at radius 2 is 1.67 bits per heavy atom. The smallest absolute Gasteiger partial charge is 0.416 e. The lowest BCUT2D eigenvalue weighted by Gasteiger charge is -2.32. The number of hydrogen-bond acceptors (Lipinski definition) is 5. The molecular weight excluding hydrogens is 573 g/mol. The Hall–Kier alpha value is -3.28. The second-order valence-corrected chi connectivity index (χ2v) is 12.0. The van der Waals surface area contributed by atoms with Crippen LogP contribution in [0.2, 0.25) is 0 Å². The zero-order chi connectivity index (χ0) is 30.7. The van der Waals surface area contributed by atoms with E-state index in [9.17, 15) is 22.4 Å². The minimum Gasteiger partial charge on any atom is -0.493 e. The van der Waals surface area contributed by atoms with Gasteiger partial charge in [-0.15, -0.1) is 0 Å². The third-order valence-corrected chi connectivity index (χ3v) is 8.55. The molecule has 2 saturated carbocycles. The number of alkyl halides is 4. The number of ether oxygens (including phenoxy) is 1. The summed E-state index contributed by atoms with van der Waals surface area (Å²) >= 11 is 0. The van der Waals surface area contributed by atoms with E-state index in [0.29, 0.717) is 49.9 Å². The summed E-state index contributed by atoms with van der Waals surface area (Å²) in [7, 11) is 0. The number of carbonyl (C=O) groups excluding carboxylic acids is 1. The van der Waals surface area contributed by atoms with E-state index in [1.165, 1.54) is 23.1 Å². The molecule has 2 saturated heterocycles. The van der Waals surface area contributed by atoms with Crippen LogP contribution in [0.5, 0.6) is 5.75 Å². The quantitative estimate of drug-likeness (QED) is 0.285. The lowest BCUT2D eigenvalue weighted by molar-refractivity contribution is -0.137. The first-order valence-corrected chi connectivity index (χ1v) is 14.8. The predicted molar refractivity (Wildman–Crippen MR) is 147 cm³/mol. The number of carbonyl (C=O) groups is 2. The molecule has 2 aliphatic carbocycles. The Morgan fingerprint density at radius 3 is 2.26 bits per heavy atom. The van der Waals surface area contributed by atoms with Crippen molar-refractivity contribution >= 4 is 12.4 Å². The summed E-state index contributed by atoms with van der Waals surface area (Å²) in [5.41, 5.74) is 1.19. The number of pyridine rings is 1. The van der Waals surface area contributed by atoms with Crippen LogP contribution in [0.15, 0.2) is 24.3 Å². The van der Waals surface area contributed by atoms with Gasteiger partial charge in [0.1, 0.15) is 17.7 Å². The summed E-state index contributed by atoms with van der Waals surface area (Å²) in [6.45, 7) is 2.26. The predicted octanol–water partition coefficient (Wildman–Crippen LogP) is 6.17. The molecule has 7 nitrogen and oxygen atoms in total. The van der Waals surface area contributed by atoms with Crippen LogP contribution in [0.4, 0.5) is 22.0 Å². The lowest BCUT2D eigenvalue weighted by Crippen LogP contribution is -2.35. The van der Waals surface area contributed by atoms with Crippen LogP contribution < -0.4 is 4.74 Å². The number of piperidine rings is 1. The topological polar surface area (TPSA) is 83.0 Å². The molecular formula is C31H36F5N3O4. The van der Waals surface area contributed by atoms with Gasteiger partial charge >= 0.3 is 6.18 Å². The summed E-state index contributed by atoms with van der Waals surface area (Å²) in [6, 6.07) is 5.26. The number of carboxylic acid groups (broad SMARTS) is 1. The van der Waals surface area contributed by atoms with E-state index in [1.54, 1.807) is 6.07 Å². The van der Waals surface area contributed by atoms with Crippen molar-refractivity contribution in [3.8, 4) is 5.75 Å². The number of halogens is 5. The fourth-order valence-corrected chi connectivity index (χ4v) is 5.84. The average molecular weight is 610 g/mol. The summed E-state index contributed by atoms with van der Waals surface area (Å²) in [6.07, 6.45) is 0.141. The summed E-state index contributed by atoms with van der Waals surface area (Å²) in [4.78, 5) is 29.2. The highest BCUT2D eigenvalue weighted by molar-refractivity contribution is 5.95. The Kier molecular flexibility index (Phi) is 9.53. The van der Waals surface area contributed by atoms with Gasteiger partial charge < -0.3 is 14.7 Å². The maximum atomic E-state index is 15.0. The molecule has 1 N–H and O–H groups in total. The molecule has 12 heteroatoms. The van der Waals surface area contributed by atoms with E-state index < -0.39 is 29.6 Å². The van der Waals surface area contributed by atoms with Gasteiger partial charge in [-0.1, -0.05) is 0 Å². The standard InChI is InChI=1S/C30H34F5N3O2.CH2O2/c31-22-7-10-38(15-22)29(39)25-13-24(19-1-2-19)28(14-26(25)32)40-17-18-5-8-37(9-6-18)16-23-11-21(30(33,34)35)12-27(36-23)20-3-4-20;2-1-3/h11-14,18-20,22H,1-10,15-17H2;1H,(H,2,3). The number of likely N-dealkylation sites (tertiary alicyclic amines) is 2. The van der Waals surface area contributed by atoms with E-state index in [0.717, 1.165) is 44.1 Å². The van der Waals surface area contributed by atoms with Crippen LogP contribution in [0.25, 0.3) is 0 Å². The molecule has 3 heterocycles. The molecule has 0 bridgehead atoms. The zero-order valence-electron chi connectivity index (χ0n) is 23.8. The minimum absolute atomic E-state index is 0.000504. The van der Waals surface area contributed by atoms with Crippen LogP contribution in [-0.2, 0) is 17.5 Å². The minimum atomic E-state index is -4.39. The second kappa shape index (κ2) is 13.2. The molecule has 43 heavy (non-hydrogen) atoms. The molecule has 1 amide bonds. The van der Waals surface area contributed by atoms with Crippen LogP contribution in [0.1, 0.15) is 89.7 Å². The van der Waals surface area contributed by atoms with Crippen molar-refractivity contribution in [1.29, 1.82) is 0 Å². The number of nitrogens with zero attached hydrogens (tertiary/aromatic N) is 3. The van der Waals surface area contributed by atoms with Crippen molar-refractivity contribution in [3.05, 3.63) is 58.2 Å². The van der Waals surface area contributed by atoms with Crippen LogP contribution >= 0.6 is 0 Å². The first-order valence-electron chi connectivity index (χ1n) is 14.8. The third-order valence-electron chi connectivity index (χ3n) is 8.55. The fourth-order valence-electron chi connectivity index (χ4n) is 5.84. The Labute approximate surface area is 247 Å². The average Bonchev–Trinajstić information content (AvgIpc) is 3.90. The van der Waals surface area contributed by atoms with Gasteiger partial charge in [-0.3, -0.25) is 19.5 Å². The molecule has 4 aliphatic rings. The Balaban J connectivity index is 0.00000118. The van der Waals surface area contributed by atoms with Gasteiger partial charge in [-0.05, 0) is 93.6 Å². The molecule has 1 aromatic heterocycles. The van der Waals surface area contributed by atoms with Gasteiger partial charge in [-0.2, -0.15) is 13.2 Å². The monoisotopic (exact) mass is 609 g/mol. The maximum Gasteiger partial charge on any atom is 0.416 e. The normalized spacial score (nSPS) is 21.3. The van der Waals surface area contributed by atoms with Crippen molar-refractivity contribution in [2.45, 2.75) is 75.7 Å². The fraction of sp³-hybridized carbons (Fsp3) is 0.581. The van der Waals surface area contributed by atoms with Gasteiger partial charge in [0.15, 0.2) is 0 Å². The summed E-state index contributed by atoms with van der Waals surface area (Å²) in [5.74, 6) is -0.0559. The highest BCUT2D eigenvalue weighted by atomic mass is 19.4. The molecule has 6 rings (SSSR count). The van der Waals surface area contributed by atoms with Crippen molar-refractivity contribution in [2.75, 3.05) is 32.8 Å². The van der Waals surface area contributed by atoms with Gasteiger partial charge in [0, 0.05) is 30.8 Å². The van der Waals surface area contributed by atoms with Crippen molar-refractivity contribution < 1.29 is 41.4 Å². The molecule has 0 spiro atoms. The Morgan fingerprint density at radius 1 is 1.00 bits per heavy atom. The van der Waals surface area contributed by atoms with E-state index >= 15 is 4.39 Å². The van der Waals surface area contributed by atoms with Crippen molar-refractivity contribution in [1.82, 2.24) is 14.8 Å². The highest BCUT2D eigenvalue weighted by Gasteiger charge is 2.35. The third kappa shape index (κ3) is 8.01. The number of hydrogen-bond donors (Lipinski definition) is 1. The molecule has 0 radical (unpaired) electrons. The van der Waals surface area contributed by atoms with E-state index in [1.807, 2.05) is 0 Å². The highest BCUT2D eigenvalue weighted by Crippen LogP contribution is 2.46. The number of aromatic nitrogens is 1. The van der Waals surface area contributed by atoms with Crippen LogP contribution in [0.3, 0.4) is 0 Å². The van der Waals surface area contributed by atoms with Gasteiger partial charge in [0.05, 0.1) is 30.0 Å². The van der Waals surface area contributed by atoms with E-state index in [2.05, 4.69) is 9.88 Å². The number of rotatable bonds is 8. The number of amides is 1. The number of benzene rings is 1. The van der Waals surface area contributed by atoms with E-state index in [-0.39, 0.29) is 42.8 Å². The Bertz CT molecular complexity index is 1310. The molecule has 234 valence electrons. The van der Waals surface area contributed by atoms with Gasteiger partial charge in [-0.25, -0.2) is 8.78 Å². The van der Waals surface area contributed by atoms with Gasteiger partial charge in [0.2, 0.25) is 0 Å². The lowest BCUT2D eigenvalue weighted by atomic mass is 9.97. The maximum absolute atomic E-state index is 15.0. The largest absolute Gasteiger partial charge is 0.493 e. The van der Waals surface area contributed by atoms with Gasteiger partial charge in [0.25, 0.3) is 12.4 Å². The molecule has 4 fully saturated rings. The van der Waals surface area contributed by atoms with Crippen LogP contribution in [0, 0.1) is 11.7 Å². The van der Waals surface area contributed by atoms with Crippen molar-refractivity contribution in [3.63, 3.8) is 0 Å². The van der Waals surface area contributed by atoms with E-state index in [4.69, 9.17) is 14.6 Å². The second-order valence-electron chi connectivity index (χ2n) is 12.0. The molecule has 2 aliphatic heterocycles. The van der Waals surface area contributed by atoms with Crippen molar-refractivity contribution in [2.24, 2.45) is 5.92 Å². The van der Waals surface area contributed by atoms with Crippen LogP contribution in [-0.4, -0.2) is 71.2 Å². The summed E-state index contributed by atoms with van der Waals surface area (Å²) < 4.78 is 75.0. The zero-order valence-corrected chi connectivity index (χ0v) is 23.8. The molecule has 1 aromatic carbocycles. The first-order chi connectivity index (χ1) is 20.5. The molecule has 1 atom stereocenters. The first kappa shape index (κ1) is 31.2. The molecule has 1 unspecified atom stereocenters. The summed E-state index contributed by atoms with van der Waals surface area (Å²) in [5, 5.41) is 6.89. The molecule has 2 aromatic rings.